The molecule has 1 rings (SSSR count). The van der Waals surface area contributed by atoms with Crippen molar-refractivity contribution < 1.29 is 4.79 Å². The monoisotopic (exact) mass is 177 g/mol. The quantitative estimate of drug-likeness (QED) is 0.657. The van der Waals surface area contributed by atoms with Crippen molar-refractivity contribution in [2.24, 2.45) is 5.92 Å². The molecule has 13 heavy (non-hydrogen) atoms. The molecule has 0 aromatic heterocycles. The highest BCUT2D eigenvalue weighted by Crippen LogP contribution is 2.23. The van der Waals surface area contributed by atoms with Crippen molar-refractivity contribution in [3.05, 3.63) is 36.1 Å². The molecule has 0 saturated heterocycles. The number of amides is 1. The van der Waals surface area contributed by atoms with Crippen LogP contribution in [0.3, 0.4) is 0 Å². The van der Waals surface area contributed by atoms with E-state index >= 15 is 0 Å². The van der Waals surface area contributed by atoms with Crippen molar-refractivity contribution in [2.75, 3.05) is 0 Å². The van der Waals surface area contributed by atoms with Crippen molar-refractivity contribution in [3.63, 3.8) is 0 Å². The third kappa shape index (κ3) is 2.58. The van der Waals surface area contributed by atoms with Gasteiger partial charge in [-0.05, 0) is 18.1 Å². The van der Waals surface area contributed by atoms with Gasteiger partial charge in [-0.25, -0.2) is 0 Å². The molecular weight excluding hydrogens is 162 g/mol. The summed E-state index contributed by atoms with van der Waals surface area (Å²) in [7, 11) is 0. The molecule has 2 heteroatoms. The summed E-state index contributed by atoms with van der Waals surface area (Å²) < 4.78 is 0. The SMILES string of the molecule is C=CC(=O)NC1=CC=C(C(C)C)C1. The molecule has 0 saturated carbocycles. The van der Waals surface area contributed by atoms with Gasteiger partial charge >= 0.3 is 0 Å². The number of carbonyl (C=O) groups is 1. The van der Waals surface area contributed by atoms with Crippen molar-refractivity contribution in [1.29, 1.82) is 0 Å². The summed E-state index contributed by atoms with van der Waals surface area (Å²) >= 11 is 0. The molecule has 0 aromatic rings. The van der Waals surface area contributed by atoms with E-state index in [4.69, 9.17) is 0 Å². The zero-order valence-electron chi connectivity index (χ0n) is 8.13. The fourth-order valence-corrected chi connectivity index (χ4v) is 1.24. The topological polar surface area (TPSA) is 29.1 Å². The second-order valence-corrected chi connectivity index (χ2v) is 3.46. The van der Waals surface area contributed by atoms with Gasteiger partial charge in [0.2, 0.25) is 5.91 Å². The van der Waals surface area contributed by atoms with Crippen LogP contribution in [-0.4, -0.2) is 5.91 Å². The first-order valence-electron chi connectivity index (χ1n) is 4.46. The maximum Gasteiger partial charge on any atom is 0.247 e. The van der Waals surface area contributed by atoms with E-state index in [1.165, 1.54) is 11.6 Å². The Labute approximate surface area is 79.0 Å². The zero-order valence-corrected chi connectivity index (χ0v) is 8.13. The summed E-state index contributed by atoms with van der Waals surface area (Å²) in [5.41, 5.74) is 2.33. The van der Waals surface area contributed by atoms with E-state index in [0.29, 0.717) is 5.92 Å². The highest BCUT2D eigenvalue weighted by molar-refractivity contribution is 5.88. The lowest BCUT2D eigenvalue weighted by molar-refractivity contribution is -0.115. The van der Waals surface area contributed by atoms with Crippen LogP contribution in [0.15, 0.2) is 36.1 Å². The molecule has 1 aliphatic rings. The average Bonchev–Trinajstić information content (AvgIpc) is 2.52. The maximum absolute atomic E-state index is 11.0. The van der Waals surface area contributed by atoms with Gasteiger partial charge in [-0.3, -0.25) is 4.79 Å². The Morgan fingerprint density at radius 3 is 2.77 bits per heavy atom. The van der Waals surface area contributed by atoms with Crippen LogP contribution >= 0.6 is 0 Å². The predicted octanol–water partition coefficient (Wildman–Crippen LogP) is 2.16. The fraction of sp³-hybridized carbons (Fsp3) is 0.364. The predicted molar refractivity (Wildman–Crippen MR) is 54.0 cm³/mol. The highest BCUT2D eigenvalue weighted by Gasteiger charge is 2.11. The van der Waals surface area contributed by atoms with E-state index < -0.39 is 0 Å². The second-order valence-electron chi connectivity index (χ2n) is 3.46. The van der Waals surface area contributed by atoms with Gasteiger partial charge in [0.25, 0.3) is 0 Å². The third-order valence-electron chi connectivity index (χ3n) is 2.10. The van der Waals surface area contributed by atoms with Gasteiger partial charge in [0, 0.05) is 12.1 Å². The average molecular weight is 177 g/mol. The van der Waals surface area contributed by atoms with E-state index in [2.05, 4.69) is 31.8 Å². The van der Waals surface area contributed by atoms with Crippen LogP contribution in [0, 0.1) is 5.92 Å². The molecule has 2 nitrogen and oxygen atoms in total. The van der Waals surface area contributed by atoms with E-state index in [1.54, 1.807) is 0 Å². The van der Waals surface area contributed by atoms with Gasteiger partial charge in [-0.2, -0.15) is 0 Å². The molecule has 0 aliphatic heterocycles. The minimum absolute atomic E-state index is 0.135. The summed E-state index contributed by atoms with van der Waals surface area (Å²) in [5, 5.41) is 2.77. The van der Waals surface area contributed by atoms with Crippen LogP contribution in [-0.2, 0) is 4.79 Å². The van der Waals surface area contributed by atoms with E-state index in [1.807, 2.05) is 6.08 Å². The lowest BCUT2D eigenvalue weighted by atomic mass is 10.0. The maximum atomic E-state index is 11.0. The summed E-state index contributed by atoms with van der Waals surface area (Å²) in [6.45, 7) is 7.70. The molecule has 1 amide bonds. The molecule has 0 bridgehead atoms. The Morgan fingerprint density at radius 1 is 1.62 bits per heavy atom. The normalized spacial score (nSPS) is 15.3. The lowest BCUT2D eigenvalue weighted by Gasteiger charge is -2.08. The zero-order chi connectivity index (χ0) is 9.84. The fourth-order valence-electron chi connectivity index (χ4n) is 1.24. The molecule has 70 valence electrons. The summed E-state index contributed by atoms with van der Waals surface area (Å²) in [5.74, 6) is 0.416. The molecule has 0 aromatic carbocycles. The Balaban J connectivity index is 2.45. The molecule has 0 radical (unpaired) electrons. The van der Waals surface area contributed by atoms with Crippen molar-refractivity contribution in [3.8, 4) is 0 Å². The Morgan fingerprint density at radius 2 is 2.31 bits per heavy atom. The lowest BCUT2D eigenvalue weighted by Crippen LogP contribution is -2.19. The minimum Gasteiger partial charge on any atom is -0.326 e. The van der Waals surface area contributed by atoms with Crippen molar-refractivity contribution >= 4 is 5.91 Å². The highest BCUT2D eigenvalue weighted by atomic mass is 16.1. The minimum atomic E-state index is -0.135. The van der Waals surface area contributed by atoms with Gasteiger partial charge in [-0.15, -0.1) is 0 Å². The summed E-state index contributed by atoms with van der Waals surface area (Å²) in [6, 6.07) is 0. The second kappa shape index (κ2) is 4.08. The Bertz CT molecular complexity index is 284. The molecule has 0 spiro atoms. The van der Waals surface area contributed by atoms with Crippen LogP contribution in [0.2, 0.25) is 0 Å². The van der Waals surface area contributed by atoms with Crippen LogP contribution in [0.4, 0.5) is 0 Å². The van der Waals surface area contributed by atoms with Crippen LogP contribution < -0.4 is 5.32 Å². The number of rotatable bonds is 3. The van der Waals surface area contributed by atoms with Crippen LogP contribution in [0.5, 0.6) is 0 Å². The standard InChI is InChI=1S/C11H15NO/c1-4-11(13)12-10-6-5-9(7-10)8(2)3/h4-6,8H,1,7H2,2-3H3,(H,12,13). The summed E-state index contributed by atoms with van der Waals surface area (Å²) in [4.78, 5) is 11.0. The van der Waals surface area contributed by atoms with E-state index in [-0.39, 0.29) is 5.91 Å². The first-order valence-corrected chi connectivity index (χ1v) is 4.46. The van der Waals surface area contributed by atoms with Gasteiger partial charge in [0.15, 0.2) is 0 Å². The van der Waals surface area contributed by atoms with Crippen LogP contribution in [0.25, 0.3) is 0 Å². The largest absolute Gasteiger partial charge is 0.326 e. The molecular formula is C11H15NO. The van der Waals surface area contributed by atoms with Crippen molar-refractivity contribution in [2.45, 2.75) is 20.3 Å². The van der Waals surface area contributed by atoms with Crippen LogP contribution in [0.1, 0.15) is 20.3 Å². The van der Waals surface area contributed by atoms with Gasteiger partial charge in [-0.1, -0.05) is 32.1 Å². The molecule has 0 atom stereocenters. The molecule has 1 aliphatic carbocycles. The first kappa shape index (κ1) is 9.78. The Hall–Kier alpha value is -1.31. The molecule has 1 N–H and O–H groups in total. The van der Waals surface area contributed by atoms with E-state index in [9.17, 15) is 4.79 Å². The third-order valence-corrected chi connectivity index (χ3v) is 2.10. The summed E-state index contributed by atoms with van der Waals surface area (Å²) in [6.07, 6.45) is 6.17. The van der Waals surface area contributed by atoms with E-state index in [0.717, 1.165) is 12.1 Å². The number of hydrogen-bond acceptors (Lipinski definition) is 1. The van der Waals surface area contributed by atoms with Gasteiger partial charge < -0.3 is 5.32 Å². The van der Waals surface area contributed by atoms with Crippen molar-refractivity contribution in [1.82, 2.24) is 5.32 Å². The smallest absolute Gasteiger partial charge is 0.247 e. The van der Waals surface area contributed by atoms with Gasteiger partial charge in [0.1, 0.15) is 0 Å². The first-order chi connectivity index (χ1) is 6.13. The number of nitrogens with one attached hydrogen (secondary N) is 1. The number of carbonyl (C=O) groups excluding carboxylic acids is 1. The number of hydrogen-bond donors (Lipinski definition) is 1. The Kier molecular flexibility index (Phi) is 3.07. The van der Waals surface area contributed by atoms with Gasteiger partial charge in [0.05, 0.1) is 0 Å². The molecule has 0 heterocycles. The number of allylic oxidation sites excluding steroid dienone is 3. The molecule has 0 unspecified atom stereocenters. The molecule has 0 fully saturated rings.